The van der Waals surface area contributed by atoms with Gasteiger partial charge >= 0.3 is 0 Å². The molecule has 4 aromatic rings. The Morgan fingerprint density at radius 2 is 1.75 bits per heavy atom. The Morgan fingerprint density at radius 3 is 2.60 bits per heavy atom. The first-order chi connectivity index (χ1) is 9.40. The van der Waals surface area contributed by atoms with Crippen molar-refractivity contribution in [1.29, 1.82) is 0 Å². The standard InChI is InChI=1S/C17H11N2.Ir/c1-2-6-14-11-15(9-8-13(14)5-1)16-12-19-10-4-3-7-17(19)18-16;/h1-8,10-12H;/q-1;. The predicted octanol–water partition coefficient (Wildman–Crippen LogP) is 3.95. The van der Waals surface area contributed by atoms with Gasteiger partial charge in [0.15, 0.2) is 0 Å². The normalized spacial score (nSPS) is 10.6. The van der Waals surface area contributed by atoms with Crippen molar-refractivity contribution in [3.63, 3.8) is 0 Å². The van der Waals surface area contributed by atoms with Crippen LogP contribution < -0.4 is 0 Å². The van der Waals surface area contributed by atoms with E-state index in [9.17, 15) is 0 Å². The van der Waals surface area contributed by atoms with Crippen molar-refractivity contribution in [2.24, 2.45) is 0 Å². The fourth-order valence-electron chi connectivity index (χ4n) is 2.34. The molecule has 0 unspecified atom stereocenters. The first kappa shape index (κ1) is 13.0. The van der Waals surface area contributed by atoms with Crippen LogP contribution >= 0.6 is 0 Å². The van der Waals surface area contributed by atoms with E-state index in [1.807, 2.05) is 47.1 Å². The van der Waals surface area contributed by atoms with Crippen molar-refractivity contribution in [1.82, 2.24) is 9.38 Å². The fraction of sp³-hybridized carbons (Fsp3) is 0. The summed E-state index contributed by atoms with van der Waals surface area (Å²) >= 11 is 0. The summed E-state index contributed by atoms with van der Waals surface area (Å²) in [4.78, 5) is 4.62. The third-order valence-electron chi connectivity index (χ3n) is 3.32. The van der Waals surface area contributed by atoms with Crippen molar-refractivity contribution in [2.75, 3.05) is 0 Å². The molecule has 0 N–H and O–H groups in total. The topological polar surface area (TPSA) is 17.3 Å². The number of nitrogens with zero attached hydrogens (tertiary/aromatic N) is 2. The number of fused-ring (bicyclic) bond motifs is 2. The minimum absolute atomic E-state index is 0. The monoisotopic (exact) mass is 436 g/mol. The van der Waals surface area contributed by atoms with Crippen LogP contribution in [0, 0.1) is 6.07 Å². The van der Waals surface area contributed by atoms with Crippen LogP contribution in [0.25, 0.3) is 27.7 Å². The Morgan fingerprint density at radius 1 is 0.950 bits per heavy atom. The average Bonchev–Trinajstić information content (AvgIpc) is 2.90. The summed E-state index contributed by atoms with van der Waals surface area (Å²) in [6, 6.07) is 21.8. The Labute approximate surface area is 130 Å². The van der Waals surface area contributed by atoms with Gasteiger partial charge in [-0.2, -0.15) is 0 Å². The molecule has 0 bridgehead atoms. The summed E-state index contributed by atoms with van der Waals surface area (Å²) in [5.74, 6) is 0. The zero-order chi connectivity index (χ0) is 12.7. The maximum Gasteiger partial charge on any atom is 0.126 e. The van der Waals surface area contributed by atoms with E-state index in [1.54, 1.807) is 0 Å². The molecule has 99 valence electrons. The third kappa shape index (κ3) is 2.15. The largest absolute Gasteiger partial charge is 0.316 e. The number of hydrogen-bond acceptors (Lipinski definition) is 1. The van der Waals surface area contributed by atoms with Crippen molar-refractivity contribution in [2.45, 2.75) is 0 Å². The second kappa shape index (κ2) is 5.20. The second-order valence-corrected chi connectivity index (χ2v) is 4.57. The molecule has 0 atom stereocenters. The molecule has 2 aromatic carbocycles. The van der Waals surface area contributed by atoms with Crippen molar-refractivity contribution < 1.29 is 20.1 Å². The molecule has 0 fully saturated rings. The molecular weight excluding hydrogens is 424 g/mol. The van der Waals surface area contributed by atoms with Crippen LogP contribution in [-0.4, -0.2) is 9.38 Å². The molecule has 0 saturated carbocycles. The summed E-state index contributed by atoms with van der Waals surface area (Å²) in [6.45, 7) is 0. The van der Waals surface area contributed by atoms with Gasteiger partial charge in [0, 0.05) is 32.0 Å². The molecule has 0 aliphatic rings. The molecule has 0 aliphatic heterocycles. The summed E-state index contributed by atoms with van der Waals surface area (Å²) in [5, 5.41) is 2.42. The zero-order valence-electron chi connectivity index (χ0n) is 10.6. The summed E-state index contributed by atoms with van der Waals surface area (Å²) in [6.07, 6.45) is 4.04. The van der Waals surface area contributed by atoms with E-state index in [-0.39, 0.29) is 20.1 Å². The Bertz CT molecular complexity index is 847. The van der Waals surface area contributed by atoms with Gasteiger partial charge in [0.2, 0.25) is 0 Å². The first-order valence-electron chi connectivity index (χ1n) is 6.25. The molecule has 2 nitrogen and oxygen atoms in total. The van der Waals surface area contributed by atoms with Gasteiger partial charge < -0.3 is 4.40 Å². The average molecular weight is 436 g/mol. The quantitative estimate of drug-likeness (QED) is 0.414. The number of imidazole rings is 1. The SMILES string of the molecule is [Ir].[c-]1cc2ccccc2cc1-c1cn2ccccc2n1. The van der Waals surface area contributed by atoms with Crippen LogP contribution in [0.5, 0.6) is 0 Å². The molecule has 1 radical (unpaired) electrons. The van der Waals surface area contributed by atoms with E-state index < -0.39 is 0 Å². The van der Waals surface area contributed by atoms with E-state index in [4.69, 9.17) is 0 Å². The number of hydrogen-bond donors (Lipinski definition) is 0. The van der Waals surface area contributed by atoms with Crippen LogP contribution in [0.2, 0.25) is 0 Å². The van der Waals surface area contributed by atoms with Gasteiger partial charge in [0.05, 0.1) is 0 Å². The molecule has 0 amide bonds. The van der Waals surface area contributed by atoms with Gasteiger partial charge in [-0.1, -0.05) is 35.7 Å². The molecule has 0 aliphatic carbocycles. The maximum absolute atomic E-state index is 4.62. The molecule has 0 spiro atoms. The van der Waals surface area contributed by atoms with Crippen LogP contribution in [0.15, 0.2) is 67.0 Å². The fourth-order valence-corrected chi connectivity index (χ4v) is 2.34. The van der Waals surface area contributed by atoms with Gasteiger partial charge in [0.25, 0.3) is 0 Å². The molecule has 20 heavy (non-hydrogen) atoms. The van der Waals surface area contributed by atoms with E-state index in [2.05, 4.69) is 35.3 Å². The number of aromatic nitrogens is 2. The number of rotatable bonds is 1. The van der Waals surface area contributed by atoms with Crippen LogP contribution in [0.4, 0.5) is 0 Å². The van der Waals surface area contributed by atoms with Gasteiger partial charge in [-0.15, -0.1) is 29.1 Å². The van der Waals surface area contributed by atoms with Crippen LogP contribution in [-0.2, 0) is 20.1 Å². The maximum atomic E-state index is 4.62. The smallest absolute Gasteiger partial charge is 0.126 e. The summed E-state index contributed by atoms with van der Waals surface area (Å²) in [5.41, 5.74) is 2.94. The zero-order valence-corrected chi connectivity index (χ0v) is 13.0. The van der Waals surface area contributed by atoms with E-state index in [0.29, 0.717) is 0 Å². The van der Waals surface area contributed by atoms with Crippen molar-refractivity contribution in [3.05, 3.63) is 73.1 Å². The van der Waals surface area contributed by atoms with Gasteiger partial charge in [-0.25, -0.2) is 0 Å². The van der Waals surface area contributed by atoms with Crippen LogP contribution in [0.3, 0.4) is 0 Å². The third-order valence-corrected chi connectivity index (χ3v) is 3.32. The minimum atomic E-state index is 0. The van der Waals surface area contributed by atoms with E-state index >= 15 is 0 Å². The molecule has 3 heteroatoms. The predicted molar refractivity (Wildman–Crippen MR) is 77.0 cm³/mol. The molecule has 2 aromatic heterocycles. The van der Waals surface area contributed by atoms with E-state index in [1.165, 1.54) is 10.8 Å². The molecular formula is C17H11IrN2-. The summed E-state index contributed by atoms with van der Waals surface area (Å²) in [7, 11) is 0. The number of benzene rings is 2. The van der Waals surface area contributed by atoms with Crippen molar-refractivity contribution in [3.8, 4) is 11.3 Å². The Kier molecular flexibility index (Phi) is 3.39. The second-order valence-electron chi connectivity index (χ2n) is 4.57. The van der Waals surface area contributed by atoms with E-state index in [0.717, 1.165) is 16.9 Å². The summed E-state index contributed by atoms with van der Waals surface area (Å²) < 4.78 is 2.03. The van der Waals surface area contributed by atoms with Gasteiger partial charge in [-0.05, 0) is 18.3 Å². The number of pyridine rings is 1. The first-order valence-corrected chi connectivity index (χ1v) is 6.25. The molecule has 0 saturated heterocycles. The molecule has 2 heterocycles. The Hall–Kier alpha value is -1.96. The minimum Gasteiger partial charge on any atom is -0.316 e. The van der Waals surface area contributed by atoms with Crippen LogP contribution in [0.1, 0.15) is 0 Å². The van der Waals surface area contributed by atoms with Gasteiger partial charge in [-0.3, -0.25) is 4.98 Å². The molecule has 4 rings (SSSR count). The Balaban J connectivity index is 0.00000121. The van der Waals surface area contributed by atoms with Crippen molar-refractivity contribution >= 4 is 16.4 Å². The van der Waals surface area contributed by atoms with Gasteiger partial charge in [0.1, 0.15) is 5.65 Å².